The van der Waals surface area contributed by atoms with E-state index in [1.165, 1.54) is 5.69 Å². The fourth-order valence-corrected chi connectivity index (χ4v) is 2.95. The largest absolute Gasteiger partial charge is 0.369 e. The van der Waals surface area contributed by atoms with Crippen LogP contribution in [0.5, 0.6) is 0 Å². The van der Waals surface area contributed by atoms with E-state index >= 15 is 0 Å². The summed E-state index contributed by atoms with van der Waals surface area (Å²) < 4.78 is 0. The maximum Gasteiger partial charge on any atom is 0.187 e. The highest BCUT2D eigenvalue weighted by Crippen LogP contribution is 2.24. The topological polar surface area (TPSA) is 40.2 Å². The number of benzene rings is 1. The number of piperazine rings is 1. The number of hydrogen-bond donors (Lipinski definition) is 2. The first-order chi connectivity index (χ1) is 9.31. The van der Waals surface area contributed by atoms with Gasteiger partial charge >= 0.3 is 0 Å². The van der Waals surface area contributed by atoms with Crippen molar-refractivity contribution in [2.75, 3.05) is 36.4 Å². The van der Waals surface area contributed by atoms with E-state index in [0.717, 1.165) is 42.7 Å². The van der Waals surface area contributed by atoms with Crippen molar-refractivity contribution in [3.8, 4) is 0 Å². The van der Waals surface area contributed by atoms with Gasteiger partial charge < -0.3 is 15.5 Å². The van der Waals surface area contributed by atoms with Gasteiger partial charge in [0, 0.05) is 42.9 Å². The van der Waals surface area contributed by atoms with E-state index in [-0.39, 0.29) is 0 Å². The molecule has 1 fully saturated rings. The molecule has 0 spiro atoms. The fraction of sp³-hybridized carbons (Fsp3) is 0.357. The van der Waals surface area contributed by atoms with E-state index in [1.807, 2.05) is 6.92 Å². The summed E-state index contributed by atoms with van der Waals surface area (Å²) in [5, 5.41) is 9.76. The van der Waals surface area contributed by atoms with Crippen molar-refractivity contribution in [3.63, 3.8) is 0 Å². The van der Waals surface area contributed by atoms with Gasteiger partial charge in [-0.05, 0) is 25.1 Å². The van der Waals surface area contributed by atoms with Crippen LogP contribution in [0, 0.1) is 6.92 Å². The molecule has 2 aromatic rings. The molecule has 2 N–H and O–H groups in total. The lowest BCUT2D eigenvalue weighted by Gasteiger charge is -2.29. The Morgan fingerprint density at radius 3 is 2.89 bits per heavy atom. The van der Waals surface area contributed by atoms with Crippen LogP contribution in [0.4, 0.5) is 16.5 Å². The molecule has 0 unspecified atom stereocenters. The van der Waals surface area contributed by atoms with Crippen LogP contribution < -0.4 is 15.5 Å². The van der Waals surface area contributed by atoms with E-state index in [0.29, 0.717) is 0 Å². The van der Waals surface area contributed by atoms with Gasteiger partial charge in [0.1, 0.15) is 0 Å². The van der Waals surface area contributed by atoms with Crippen molar-refractivity contribution >= 4 is 27.8 Å². The quantitative estimate of drug-likeness (QED) is 0.902. The Kier molecular flexibility index (Phi) is 3.66. The van der Waals surface area contributed by atoms with Crippen molar-refractivity contribution in [1.29, 1.82) is 0 Å². The SMILES string of the molecule is Cc1csc(Nc2cccc(N3CCNCC3)c2)n1. The van der Waals surface area contributed by atoms with Gasteiger partial charge in [0.2, 0.25) is 0 Å². The highest BCUT2D eigenvalue weighted by atomic mass is 32.1. The van der Waals surface area contributed by atoms with E-state index < -0.39 is 0 Å². The molecule has 1 aliphatic heterocycles. The van der Waals surface area contributed by atoms with E-state index in [9.17, 15) is 0 Å². The number of anilines is 3. The normalized spacial score (nSPS) is 15.5. The highest BCUT2D eigenvalue weighted by molar-refractivity contribution is 7.13. The zero-order valence-corrected chi connectivity index (χ0v) is 11.8. The molecule has 0 atom stereocenters. The number of thiazole rings is 1. The first-order valence-electron chi connectivity index (χ1n) is 6.56. The summed E-state index contributed by atoms with van der Waals surface area (Å²) in [7, 11) is 0. The first-order valence-corrected chi connectivity index (χ1v) is 7.44. The molecule has 1 aromatic carbocycles. The van der Waals surface area contributed by atoms with Gasteiger partial charge in [0.25, 0.3) is 0 Å². The van der Waals surface area contributed by atoms with Crippen molar-refractivity contribution in [3.05, 3.63) is 35.3 Å². The van der Waals surface area contributed by atoms with Gasteiger partial charge in [0.05, 0.1) is 5.69 Å². The Bertz CT molecular complexity index is 546. The molecular formula is C14H18N4S. The first kappa shape index (κ1) is 12.4. The molecule has 19 heavy (non-hydrogen) atoms. The lowest BCUT2D eigenvalue weighted by molar-refractivity contribution is 0.589. The van der Waals surface area contributed by atoms with Crippen LogP contribution in [-0.2, 0) is 0 Å². The van der Waals surface area contributed by atoms with Crippen LogP contribution in [0.1, 0.15) is 5.69 Å². The smallest absolute Gasteiger partial charge is 0.187 e. The Morgan fingerprint density at radius 2 is 2.16 bits per heavy atom. The van der Waals surface area contributed by atoms with Gasteiger partial charge in [-0.25, -0.2) is 4.98 Å². The average molecular weight is 274 g/mol. The summed E-state index contributed by atoms with van der Waals surface area (Å²) >= 11 is 1.64. The molecule has 0 saturated carbocycles. The second-order valence-corrected chi connectivity index (χ2v) is 5.56. The van der Waals surface area contributed by atoms with Crippen molar-refractivity contribution < 1.29 is 0 Å². The lowest BCUT2D eigenvalue weighted by atomic mass is 10.2. The predicted molar refractivity (Wildman–Crippen MR) is 81.7 cm³/mol. The summed E-state index contributed by atoms with van der Waals surface area (Å²) in [5.74, 6) is 0. The van der Waals surface area contributed by atoms with E-state index in [2.05, 4.69) is 50.2 Å². The summed E-state index contributed by atoms with van der Waals surface area (Å²) in [6.45, 7) is 6.27. The third kappa shape index (κ3) is 3.05. The highest BCUT2D eigenvalue weighted by Gasteiger charge is 2.10. The number of aryl methyl sites for hydroxylation is 1. The average Bonchev–Trinajstić information content (AvgIpc) is 2.85. The van der Waals surface area contributed by atoms with Gasteiger partial charge in [-0.15, -0.1) is 11.3 Å². The van der Waals surface area contributed by atoms with Gasteiger partial charge in [0.15, 0.2) is 5.13 Å². The Morgan fingerprint density at radius 1 is 1.32 bits per heavy atom. The zero-order valence-electron chi connectivity index (χ0n) is 11.0. The molecular weight excluding hydrogens is 256 g/mol. The standard InChI is InChI=1S/C14H18N4S/c1-11-10-19-14(16-11)17-12-3-2-4-13(9-12)18-7-5-15-6-8-18/h2-4,9-10,15H,5-8H2,1H3,(H,16,17). The number of nitrogens with one attached hydrogen (secondary N) is 2. The van der Waals surface area contributed by atoms with E-state index in [1.54, 1.807) is 11.3 Å². The van der Waals surface area contributed by atoms with E-state index in [4.69, 9.17) is 0 Å². The van der Waals surface area contributed by atoms with Gasteiger partial charge in [-0.1, -0.05) is 6.07 Å². The third-order valence-electron chi connectivity index (χ3n) is 3.20. The Labute approximate surface area is 117 Å². The molecule has 1 aromatic heterocycles. The zero-order chi connectivity index (χ0) is 13.1. The van der Waals surface area contributed by atoms with Crippen molar-refractivity contribution in [2.24, 2.45) is 0 Å². The van der Waals surface area contributed by atoms with Gasteiger partial charge in [-0.3, -0.25) is 0 Å². The predicted octanol–water partition coefficient (Wildman–Crippen LogP) is 2.60. The molecule has 1 aliphatic rings. The number of hydrogen-bond acceptors (Lipinski definition) is 5. The summed E-state index contributed by atoms with van der Waals surface area (Å²) in [5.41, 5.74) is 3.44. The monoisotopic (exact) mass is 274 g/mol. The number of aromatic nitrogens is 1. The fourth-order valence-electron chi connectivity index (χ4n) is 2.24. The van der Waals surface area contributed by atoms with Gasteiger partial charge in [-0.2, -0.15) is 0 Å². The molecule has 0 radical (unpaired) electrons. The molecule has 2 heterocycles. The molecule has 0 aliphatic carbocycles. The maximum absolute atomic E-state index is 4.43. The molecule has 3 rings (SSSR count). The molecule has 100 valence electrons. The molecule has 0 amide bonds. The second kappa shape index (κ2) is 5.59. The van der Waals surface area contributed by atoms with Crippen LogP contribution in [0.3, 0.4) is 0 Å². The number of rotatable bonds is 3. The third-order valence-corrected chi connectivity index (χ3v) is 4.07. The minimum Gasteiger partial charge on any atom is -0.369 e. The molecule has 0 bridgehead atoms. The van der Waals surface area contributed by atoms with Crippen LogP contribution in [0.25, 0.3) is 0 Å². The summed E-state index contributed by atoms with van der Waals surface area (Å²) in [6.07, 6.45) is 0. The molecule has 4 nitrogen and oxygen atoms in total. The molecule has 1 saturated heterocycles. The lowest BCUT2D eigenvalue weighted by Crippen LogP contribution is -2.43. The Balaban J connectivity index is 1.75. The van der Waals surface area contributed by atoms with Crippen molar-refractivity contribution in [1.82, 2.24) is 10.3 Å². The number of nitrogens with zero attached hydrogens (tertiary/aromatic N) is 2. The van der Waals surface area contributed by atoms with Crippen molar-refractivity contribution in [2.45, 2.75) is 6.92 Å². The summed E-state index contributed by atoms with van der Waals surface area (Å²) in [6, 6.07) is 8.55. The Hall–Kier alpha value is -1.59. The second-order valence-electron chi connectivity index (χ2n) is 4.71. The maximum atomic E-state index is 4.43. The molecule has 5 heteroatoms. The minimum absolute atomic E-state index is 0.954. The van der Waals surface area contributed by atoms with Crippen LogP contribution >= 0.6 is 11.3 Å². The summed E-state index contributed by atoms with van der Waals surface area (Å²) in [4.78, 5) is 6.84. The minimum atomic E-state index is 0.954. The van der Waals surface area contributed by atoms with Crippen LogP contribution in [0.15, 0.2) is 29.6 Å². The van der Waals surface area contributed by atoms with Crippen LogP contribution in [-0.4, -0.2) is 31.2 Å². The van der Waals surface area contributed by atoms with Crippen LogP contribution in [0.2, 0.25) is 0 Å².